The second-order valence-corrected chi connectivity index (χ2v) is 9.80. The summed E-state index contributed by atoms with van der Waals surface area (Å²) >= 11 is 1.41. The molecule has 7 nitrogen and oxygen atoms in total. The number of benzene rings is 1. The van der Waals surface area contributed by atoms with Crippen LogP contribution < -0.4 is 10.6 Å². The predicted molar refractivity (Wildman–Crippen MR) is 135 cm³/mol. The number of ether oxygens (including phenoxy) is 1. The van der Waals surface area contributed by atoms with Crippen LogP contribution in [0.1, 0.15) is 52.8 Å². The highest BCUT2D eigenvalue weighted by Gasteiger charge is 2.28. The molecule has 2 amide bonds. The fraction of sp³-hybridized carbons (Fsp3) is 0.333. The molecule has 1 aromatic carbocycles. The topological polar surface area (TPSA) is 104 Å². The Balaban J connectivity index is 1.31. The Morgan fingerprint density at radius 1 is 1.26 bits per heavy atom. The first-order valence-electron chi connectivity index (χ1n) is 11.8. The van der Waals surface area contributed by atoms with E-state index in [-0.39, 0.29) is 17.9 Å². The third-order valence-corrected chi connectivity index (χ3v) is 7.29. The van der Waals surface area contributed by atoms with E-state index in [1.54, 1.807) is 12.4 Å². The number of aromatic nitrogens is 1. The molecule has 0 bridgehead atoms. The van der Waals surface area contributed by atoms with E-state index in [1.807, 2.05) is 49.4 Å². The Kier molecular flexibility index (Phi) is 8.11. The normalized spacial score (nSPS) is 15.4. The van der Waals surface area contributed by atoms with Crippen molar-refractivity contribution >= 4 is 28.3 Å². The highest BCUT2D eigenvalue weighted by atomic mass is 32.1. The lowest BCUT2D eigenvalue weighted by atomic mass is 9.93. The second-order valence-electron chi connectivity index (χ2n) is 8.69. The zero-order chi connectivity index (χ0) is 24.6. The van der Waals surface area contributed by atoms with Gasteiger partial charge < -0.3 is 15.4 Å². The Bertz CT molecular complexity index is 1200. The van der Waals surface area contributed by atoms with Crippen LogP contribution in [0.25, 0.3) is 0 Å². The molecule has 0 saturated carbocycles. The predicted octanol–water partition coefficient (Wildman–Crippen LogP) is 4.97. The monoisotopic (exact) mass is 488 g/mol. The summed E-state index contributed by atoms with van der Waals surface area (Å²) in [5.41, 5.74) is 3.64. The molecular formula is C27H28N4O3S. The van der Waals surface area contributed by atoms with Gasteiger partial charge in [0.05, 0.1) is 5.56 Å². The number of pyridine rings is 1. The number of hydrogen-bond donors (Lipinski definition) is 2. The third kappa shape index (κ3) is 6.46. The fourth-order valence-electron chi connectivity index (χ4n) is 4.27. The lowest BCUT2D eigenvalue weighted by molar-refractivity contribution is -0.116. The van der Waals surface area contributed by atoms with Crippen LogP contribution in [0.2, 0.25) is 0 Å². The van der Waals surface area contributed by atoms with E-state index in [1.165, 1.54) is 11.3 Å². The summed E-state index contributed by atoms with van der Waals surface area (Å²) in [5, 5.41) is 16.1. The molecule has 2 unspecified atom stereocenters. The first-order chi connectivity index (χ1) is 17.0. The molecule has 2 heterocycles. The van der Waals surface area contributed by atoms with Crippen LogP contribution in [0.4, 0.5) is 9.80 Å². The van der Waals surface area contributed by atoms with Crippen LogP contribution in [-0.2, 0) is 28.8 Å². The van der Waals surface area contributed by atoms with Crippen molar-refractivity contribution in [2.24, 2.45) is 0 Å². The van der Waals surface area contributed by atoms with E-state index in [0.717, 1.165) is 21.6 Å². The molecule has 2 aromatic heterocycles. The maximum atomic E-state index is 12.7. The zero-order valence-electron chi connectivity index (χ0n) is 19.6. The molecular weight excluding hydrogens is 460 g/mol. The molecule has 2 N–H and O–H groups in total. The number of carbonyl (C=O) groups excluding carboxylic acids is 2. The molecule has 0 radical (unpaired) electrons. The highest BCUT2D eigenvalue weighted by molar-refractivity contribution is 7.16. The van der Waals surface area contributed by atoms with E-state index in [4.69, 9.17) is 4.74 Å². The molecule has 0 saturated heterocycles. The maximum absolute atomic E-state index is 12.7. The van der Waals surface area contributed by atoms with Crippen molar-refractivity contribution in [2.45, 2.75) is 51.0 Å². The van der Waals surface area contributed by atoms with Gasteiger partial charge in [-0.1, -0.05) is 43.3 Å². The van der Waals surface area contributed by atoms with E-state index in [0.29, 0.717) is 49.2 Å². The summed E-state index contributed by atoms with van der Waals surface area (Å²) in [6, 6.07) is 16.0. The Morgan fingerprint density at radius 3 is 2.83 bits per heavy atom. The molecule has 3 aromatic rings. The van der Waals surface area contributed by atoms with Gasteiger partial charge in [0.25, 0.3) is 0 Å². The lowest BCUT2D eigenvalue weighted by Crippen LogP contribution is -2.33. The largest absolute Gasteiger partial charge is 0.446 e. The van der Waals surface area contributed by atoms with E-state index >= 15 is 0 Å². The number of hydrogen-bond acceptors (Lipinski definition) is 6. The molecule has 180 valence electrons. The number of nitrogens with one attached hydrogen (secondary N) is 2. The van der Waals surface area contributed by atoms with E-state index in [9.17, 15) is 14.9 Å². The van der Waals surface area contributed by atoms with Gasteiger partial charge in [0.15, 0.2) is 0 Å². The van der Waals surface area contributed by atoms with Crippen LogP contribution >= 0.6 is 11.3 Å². The van der Waals surface area contributed by atoms with E-state index in [2.05, 4.69) is 21.7 Å². The molecule has 8 heteroatoms. The minimum Gasteiger partial charge on any atom is -0.446 e. The zero-order valence-corrected chi connectivity index (χ0v) is 20.4. The van der Waals surface area contributed by atoms with Gasteiger partial charge in [0, 0.05) is 36.7 Å². The standard InChI is InChI=1S/C27H28N4O3S/c1-18(20-7-3-2-4-8-20)14-25(32)31-26-23(16-28)22-10-9-21(15-24(22)35-26)34-27(33)30-13-11-19-6-5-12-29-17-19/h2-8,12,17-18,21H,9-11,13-15H2,1H3,(H,30,33)(H,31,32). The number of nitrogens with zero attached hydrogens (tertiary/aromatic N) is 2. The molecule has 2 atom stereocenters. The van der Waals surface area contributed by atoms with E-state index < -0.39 is 6.09 Å². The minimum absolute atomic E-state index is 0.0748. The average Bonchev–Trinajstić information content (AvgIpc) is 3.21. The first-order valence-corrected chi connectivity index (χ1v) is 12.6. The number of anilines is 1. The van der Waals surface area contributed by atoms with Crippen molar-refractivity contribution < 1.29 is 14.3 Å². The van der Waals surface area contributed by atoms with Gasteiger partial charge >= 0.3 is 6.09 Å². The molecule has 35 heavy (non-hydrogen) atoms. The van der Waals surface area contributed by atoms with Gasteiger partial charge in [-0.3, -0.25) is 9.78 Å². The molecule has 4 rings (SSSR count). The number of thiophene rings is 1. The Morgan fingerprint density at radius 2 is 2.09 bits per heavy atom. The number of rotatable bonds is 8. The summed E-state index contributed by atoms with van der Waals surface area (Å²) in [6.07, 6.45) is 5.63. The summed E-state index contributed by atoms with van der Waals surface area (Å²) < 4.78 is 5.62. The van der Waals surface area contributed by atoms with Gasteiger partial charge in [0.2, 0.25) is 5.91 Å². The van der Waals surface area contributed by atoms with Crippen molar-refractivity contribution in [3.8, 4) is 6.07 Å². The number of amides is 2. The molecule has 1 aliphatic carbocycles. The Hall–Kier alpha value is -3.70. The van der Waals surface area contributed by atoms with Gasteiger partial charge in [-0.05, 0) is 47.9 Å². The van der Waals surface area contributed by atoms with Crippen molar-refractivity contribution in [3.63, 3.8) is 0 Å². The summed E-state index contributed by atoms with van der Waals surface area (Å²) in [4.78, 5) is 30.0. The molecule has 0 aliphatic heterocycles. The van der Waals surface area contributed by atoms with Crippen molar-refractivity contribution in [1.82, 2.24) is 10.3 Å². The quantitative estimate of drug-likeness (QED) is 0.466. The van der Waals surface area contributed by atoms with Crippen molar-refractivity contribution in [1.29, 1.82) is 5.26 Å². The van der Waals surface area contributed by atoms with Gasteiger partial charge in [0.1, 0.15) is 17.2 Å². The average molecular weight is 489 g/mol. The number of fused-ring (bicyclic) bond motifs is 1. The number of carbonyl (C=O) groups is 2. The van der Waals surface area contributed by atoms with Crippen LogP contribution in [-0.4, -0.2) is 29.6 Å². The van der Waals surface area contributed by atoms with Gasteiger partial charge in [-0.15, -0.1) is 11.3 Å². The van der Waals surface area contributed by atoms with Crippen molar-refractivity contribution in [2.75, 3.05) is 11.9 Å². The third-order valence-electron chi connectivity index (χ3n) is 6.12. The lowest BCUT2D eigenvalue weighted by Gasteiger charge is -2.22. The highest BCUT2D eigenvalue weighted by Crippen LogP contribution is 2.38. The van der Waals surface area contributed by atoms with Crippen LogP contribution in [0, 0.1) is 11.3 Å². The minimum atomic E-state index is -0.442. The maximum Gasteiger partial charge on any atom is 0.407 e. The smallest absolute Gasteiger partial charge is 0.407 e. The summed E-state index contributed by atoms with van der Waals surface area (Å²) in [5.74, 6) is -0.0389. The molecule has 0 fully saturated rings. The Labute approximate surface area is 209 Å². The van der Waals surface area contributed by atoms with Crippen LogP contribution in [0.15, 0.2) is 54.9 Å². The SMILES string of the molecule is CC(CC(=O)Nc1sc2c(c1C#N)CCC(OC(=O)NCCc1cccnc1)C2)c1ccccc1. The van der Waals surface area contributed by atoms with Gasteiger partial charge in [-0.25, -0.2) is 4.79 Å². The van der Waals surface area contributed by atoms with Crippen LogP contribution in [0.3, 0.4) is 0 Å². The van der Waals surface area contributed by atoms with Gasteiger partial charge in [-0.2, -0.15) is 5.26 Å². The molecule has 1 aliphatic rings. The van der Waals surface area contributed by atoms with Crippen LogP contribution in [0.5, 0.6) is 0 Å². The number of nitriles is 1. The molecule has 0 spiro atoms. The summed E-state index contributed by atoms with van der Waals surface area (Å²) in [7, 11) is 0. The number of alkyl carbamates (subject to hydrolysis) is 1. The fourth-order valence-corrected chi connectivity index (χ4v) is 5.54. The second kappa shape index (κ2) is 11.6. The van der Waals surface area contributed by atoms with Crippen molar-refractivity contribution in [3.05, 3.63) is 82.0 Å². The summed E-state index contributed by atoms with van der Waals surface area (Å²) in [6.45, 7) is 2.49. The first kappa shape index (κ1) is 24.4.